The second-order valence-corrected chi connectivity index (χ2v) is 9.02. The third kappa shape index (κ3) is 4.49. The Hall–Kier alpha value is -2.84. The number of nitrogens with one attached hydrogen (secondary N) is 1. The highest BCUT2D eigenvalue weighted by atomic mass is 79.9. The first-order valence-electron chi connectivity index (χ1n) is 9.20. The molecule has 0 saturated heterocycles. The van der Waals surface area contributed by atoms with Gasteiger partial charge in [-0.25, -0.2) is 8.42 Å². The standard InChI is InChI=1S/C22H21BrN2O4S/c1-3-25(16-9-5-4-6-10-16)30(27,28)17-13-14-21(29-2)20(15-17)24-22(26)18-11-7-8-12-19(18)23/h4-15H,3H2,1-2H3,(H,24,26). The number of carbonyl (C=O) groups is 1. The Morgan fingerprint density at radius 1 is 1.03 bits per heavy atom. The van der Waals surface area contributed by atoms with Gasteiger partial charge in [-0.05, 0) is 65.3 Å². The van der Waals surface area contributed by atoms with Gasteiger partial charge in [0.15, 0.2) is 0 Å². The third-order valence-electron chi connectivity index (χ3n) is 4.46. The number of methoxy groups -OCH3 is 1. The maximum atomic E-state index is 13.3. The molecule has 8 heteroatoms. The molecule has 0 bridgehead atoms. The predicted molar refractivity (Wildman–Crippen MR) is 122 cm³/mol. The fourth-order valence-corrected chi connectivity index (χ4v) is 4.96. The summed E-state index contributed by atoms with van der Waals surface area (Å²) in [4.78, 5) is 12.8. The summed E-state index contributed by atoms with van der Waals surface area (Å²) in [6.45, 7) is 2.03. The summed E-state index contributed by atoms with van der Waals surface area (Å²) in [5, 5.41) is 2.75. The molecule has 0 unspecified atom stereocenters. The van der Waals surface area contributed by atoms with Crippen LogP contribution in [0.15, 0.2) is 82.2 Å². The van der Waals surface area contributed by atoms with Crippen molar-refractivity contribution in [1.29, 1.82) is 0 Å². The van der Waals surface area contributed by atoms with Crippen molar-refractivity contribution in [2.75, 3.05) is 23.3 Å². The van der Waals surface area contributed by atoms with Gasteiger partial charge in [-0.3, -0.25) is 9.10 Å². The number of sulfonamides is 1. The summed E-state index contributed by atoms with van der Waals surface area (Å²) in [6.07, 6.45) is 0. The van der Waals surface area contributed by atoms with Crippen LogP contribution in [0.2, 0.25) is 0 Å². The van der Waals surface area contributed by atoms with Crippen molar-refractivity contribution in [2.24, 2.45) is 0 Å². The molecule has 0 aliphatic carbocycles. The number of amides is 1. The molecule has 3 aromatic carbocycles. The number of hydrogen-bond donors (Lipinski definition) is 1. The van der Waals surface area contributed by atoms with E-state index in [0.29, 0.717) is 21.5 Å². The zero-order valence-electron chi connectivity index (χ0n) is 16.5. The van der Waals surface area contributed by atoms with E-state index in [2.05, 4.69) is 21.2 Å². The summed E-state index contributed by atoms with van der Waals surface area (Å²) in [6, 6.07) is 20.2. The average molecular weight is 489 g/mol. The highest BCUT2D eigenvalue weighted by Gasteiger charge is 2.25. The van der Waals surface area contributed by atoms with E-state index in [1.165, 1.54) is 29.6 Å². The van der Waals surface area contributed by atoms with E-state index in [-0.39, 0.29) is 23.0 Å². The molecule has 0 spiro atoms. The minimum absolute atomic E-state index is 0.0523. The van der Waals surface area contributed by atoms with Gasteiger partial charge in [0.2, 0.25) is 0 Å². The van der Waals surface area contributed by atoms with Crippen molar-refractivity contribution in [3.05, 3.63) is 82.8 Å². The van der Waals surface area contributed by atoms with E-state index in [0.717, 1.165) is 0 Å². The molecule has 0 aliphatic rings. The van der Waals surface area contributed by atoms with Gasteiger partial charge in [-0.15, -0.1) is 0 Å². The number of benzene rings is 3. The number of rotatable bonds is 7. The van der Waals surface area contributed by atoms with Crippen molar-refractivity contribution >= 4 is 43.2 Å². The Labute approximate surface area is 184 Å². The van der Waals surface area contributed by atoms with Gasteiger partial charge in [-0.1, -0.05) is 30.3 Å². The van der Waals surface area contributed by atoms with Gasteiger partial charge < -0.3 is 10.1 Å². The summed E-state index contributed by atoms with van der Waals surface area (Å²) >= 11 is 3.35. The minimum Gasteiger partial charge on any atom is -0.495 e. The Balaban J connectivity index is 1.99. The van der Waals surface area contributed by atoms with Crippen molar-refractivity contribution in [2.45, 2.75) is 11.8 Å². The number of carbonyl (C=O) groups excluding carboxylic acids is 1. The number of para-hydroxylation sites is 1. The van der Waals surface area contributed by atoms with Crippen molar-refractivity contribution in [1.82, 2.24) is 0 Å². The first-order chi connectivity index (χ1) is 14.4. The van der Waals surface area contributed by atoms with Crippen LogP contribution in [-0.2, 0) is 10.0 Å². The van der Waals surface area contributed by atoms with E-state index < -0.39 is 10.0 Å². The number of anilines is 2. The van der Waals surface area contributed by atoms with Crippen LogP contribution in [-0.4, -0.2) is 28.0 Å². The number of ether oxygens (including phenoxy) is 1. The lowest BCUT2D eigenvalue weighted by molar-refractivity contribution is 0.102. The Bertz CT molecular complexity index is 1150. The minimum atomic E-state index is -3.84. The Morgan fingerprint density at radius 3 is 2.33 bits per heavy atom. The molecule has 0 heterocycles. The average Bonchev–Trinajstić information content (AvgIpc) is 2.75. The molecule has 156 valence electrons. The molecule has 0 atom stereocenters. The van der Waals surface area contributed by atoms with Crippen LogP contribution in [0.4, 0.5) is 11.4 Å². The molecule has 6 nitrogen and oxygen atoms in total. The normalized spacial score (nSPS) is 11.0. The summed E-state index contributed by atoms with van der Waals surface area (Å²) < 4.78 is 33.8. The van der Waals surface area contributed by atoms with Gasteiger partial charge in [0, 0.05) is 11.0 Å². The lowest BCUT2D eigenvalue weighted by Gasteiger charge is -2.23. The Kier molecular flexibility index (Phi) is 6.79. The van der Waals surface area contributed by atoms with Crippen molar-refractivity contribution in [3.8, 4) is 5.75 Å². The molecule has 30 heavy (non-hydrogen) atoms. The SMILES string of the molecule is CCN(c1ccccc1)S(=O)(=O)c1ccc(OC)c(NC(=O)c2ccccc2Br)c1. The summed E-state index contributed by atoms with van der Waals surface area (Å²) in [7, 11) is -2.38. The molecular formula is C22H21BrN2O4S. The molecule has 0 radical (unpaired) electrons. The van der Waals surface area contributed by atoms with E-state index in [1.54, 1.807) is 55.5 Å². The van der Waals surface area contributed by atoms with Crippen LogP contribution in [0, 0.1) is 0 Å². The molecule has 1 N–H and O–H groups in total. The van der Waals surface area contributed by atoms with Crippen LogP contribution in [0.3, 0.4) is 0 Å². The van der Waals surface area contributed by atoms with Crippen LogP contribution in [0.1, 0.15) is 17.3 Å². The van der Waals surface area contributed by atoms with Gasteiger partial charge in [-0.2, -0.15) is 0 Å². The van der Waals surface area contributed by atoms with Crippen LogP contribution < -0.4 is 14.4 Å². The molecule has 0 aromatic heterocycles. The topological polar surface area (TPSA) is 75.7 Å². The second-order valence-electron chi connectivity index (χ2n) is 6.30. The molecule has 0 fully saturated rings. The largest absolute Gasteiger partial charge is 0.495 e. The maximum absolute atomic E-state index is 13.3. The molecule has 3 rings (SSSR count). The zero-order valence-corrected chi connectivity index (χ0v) is 18.9. The van der Waals surface area contributed by atoms with Crippen molar-refractivity contribution in [3.63, 3.8) is 0 Å². The summed E-state index contributed by atoms with van der Waals surface area (Å²) in [5.41, 5.74) is 1.25. The first-order valence-corrected chi connectivity index (χ1v) is 11.4. The summed E-state index contributed by atoms with van der Waals surface area (Å²) in [5.74, 6) is -0.0251. The zero-order chi connectivity index (χ0) is 21.7. The van der Waals surface area contributed by atoms with Gasteiger partial charge in [0.05, 0.1) is 28.9 Å². The third-order valence-corrected chi connectivity index (χ3v) is 7.05. The first kappa shape index (κ1) is 21.9. The monoisotopic (exact) mass is 488 g/mol. The van der Waals surface area contributed by atoms with Crippen LogP contribution in [0.5, 0.6) is 5.75 Å². The molecule has 3 aromatic rings. The lowest BCUT2D eigenvalue weighted by atomic mass is 10.2. The number of halogens is 1. The molecule has 1 amide bonds. The van der Waals surface area contributed by atoms with Gasteiger partial charge in [0.1, 0.15) is 5.75 Å². The van der Waals surface area contributed by atoms with E-state index in [4.69, 9.17) is 4.74 Å². The Morgan fingerprint density at radius 2 is 1.70 bits per heavy atom. The fourth-order valence-electron chi connectivity index (χ4n) is 2.99. The van der Waals surface area contributed by atoms with Crippen molar-refractivity contribution < 1.29 is 17.9 Å². The highest BCUT2D eigenvalue weighted by Crippen LogP contribution is 2.31. The highest BCUT2D eigenvalue weighted by molar-refractivity contribution is 9.10. The lowest BCUT2D eigenvalue weighted by Crippen LogP contribution is -2.30. The fraction of sp³-hybridized carbons (Fsp3) is 0.136. The van der Waals surface area contributed by atoms with Crippen LogP contribution >= 0.6 is 15.9 Å². The number of hydrogen-bond acceptors (Lipinski definition) is 4. The maximum Gasteiger partial charge on any atom is 0.264 e. The van der Waals surface area contributed by atoms with E-state index in [9.17, 15) is 13.2 Å². The second kappa shape index (κ2) is 9.32. The predicted octanol–water partition coefficient (Wildman–Crippen LogP) is 4.93. The van der Waals surface area contributed by atoms with E-state index >= 15 is 0 Å². The molecule has 0 saturated carbocycles. The van der Waals surface area contributed by atoms with Gasteiger partial charge in [0.25, 0.3) is 15.9 Å². The van der Waals surface area contributed by atoms with Gasteiger partial charge >= 0.3 is 0 Å². The molecule has 0 aliphatic heterocycles. The number of nitrogens with zero attached hydrogens (tertiary/aromatic N) is 1. The molecular weight excluding hydrogens is 468 g/mol. The smallest absolute Gasteiger partial charge is 0.264 e. The van der Waals surface area contributed by atoms with Crippen LogP contribution in [0.25, 0.3) is 0 Å². The van der Waals surface area contributed by atoms with E-state index in [1.807, 2.05) is 6.07 Å². The quantitative estimate of drug-likeness (QED) is 0.511.